The fourth-order valence-corrected chi connectivity index (χ4v) is 2.29. The first-order chi connectivity index (χ1) is 10.1. The van der Waals surface area contributed by atoms with Gasteiger partial charge in [0.15, 0.2) is 0 Å². The number of amides is 1. The highest BCUT2D eigenvalue weighted by atomic mass is 79.9. The Balaban J connectivity index is 1.86. The van der Waals surface area contributed by atoms with Crippen LogP contribution in [-0.4, -0.2) is 12.5 Å². The minimum atomic E-state index is -0.0340. The predicted molar refractivity (Wildman–Crippen MR) is 90.4 cm³/mol. The number of aryl methyl sites for hydroxylation is 1. The number of nitrogens with one attached hydrogen (secondary N) is 2. The molecule has 110 valence electrons. The van der Waals surface area contributed by atoms with Crippen molar-refractivity contribution in [2.75, 3.05) is 11.9 Å². The lowest BCUT2D eigenvalue weighted by Gasteiger charge is -2.15. The molecule has 21 heavy (non-hydrogen) atoms. The van der Waals surface area contributed by atoms with Crippen molar-refractivity contribution in [3.05, 3.63) is 64.1 Å². The van der Waals surface area contributed by atoms with Gasteiger partial charge in [0.25, 0.3) is 0 Å². The monoisotopic (exact) mass is 346 g/mol. The highest BCUT2D eigenvalue weighted by Gasteiger charge is 2.08. The Morgan fingerprint density at radius 3 is 2.48 bits per heavy atom. The Hall–Kier alpha value is -1.65. The van der Waals surface area contributed by atoms with E-state index in [1.165, 1.54) is 0 Å². The van der Waals surface area contributed by atoms with Gasteiger partial charge in [0.1, 0.15) is 0 Å². The van der Waals surface area contributed by atoms with Gasteiger partial charge in [-0.25, -0.2) is 0 Å². The molecule has 0 fully saturated rings. The van der Waals surface area contributed by atoms with E-state index in [2.05, 4.69) is 26.6 Å². The molecule has 0 aliphatic rings. The van der Waals surface area contributed by atoms with E-state index in [0.29, 0.717) is 0 Å². The van der Waals surface area contributed by atoms with Gasteiger partial charge in [-0.05, 0) is 43.2 Å². The van der Waals surface area contributed by atoms with Crippen LogP contribution < -0.4 is 10.6 Å². The second-order valence-corrected chi connectivity index (χ2v) is 5.93. The van der Waals surface area contributed by atoms with E-state index in [9.17, 15) is 4.79 Å². The molecule has 2 aromatic rings. The Kier molecular flexibility index (Phi) is 5.53. The first-order valence-electron chi connectivity index (χ1n) is 6.90. The molecule has 1 atom stereocenters. The van der Waals surface area contributed by atoms with E-state index in [-0.39, 0.29) is 18.5 Å². The Labute approximate surface area is 133 Å². The molecule has 0 aromatic heterocycles. The predicted octanol–water partition coefficient (Wildman–Crippen LogP) is 4.05. The van der Waals surface area contributed by atoms with Gasteiger partial charge < -0.3 is 10.6 Å². The van der Waals surface area contributed by atoms with Crippen molar-refractivity contribution in [1.29, 1.82) is 0 Å². The number of hydrogen-bond donors (Lipinski definition) is 2. The van der Waals surface area contributed by atoms with Gasteiger partial charge in [0.05, 0.1) is 6.54 Å². The number of hydrogen-bond acceptors (Lipinski definition) is 2. The summed E-state index contributed by atoms with van der Waals surface area (Å²) in [5, 5.41) is 6.15. The summed E-state index contributed by atoms with van der Waals surface area (Å²) < 4.78 is 1.05. The summed E-state index contributed by atoms with van der Waals surface area (Å²) in [6.07, 6.45) is 0. The number of halogens is 1. The molecule has 0 spiro atoms. The molecule has 0 aliphatic carbocycles. The molecule has 1 amide bonds. The second-order valence-electron chi connectivity index (χ2n) is 5.02. The molecule has 0 radical (unpaired) electrons. The van der Waals surface area contributed by atoms with E-state index in [1.54, 1.807) is 0 Å². The third kappa shape index (κ3) is 4.69. The molecule has 0 aliphatic heterocycles. The molecule has 0 bridgehead atoms. The standard InChI is InChI=1S/C17H19BrN2O/c1-12-5-3-4-6-16(12)20-17(21)11-19-13(2)14-7-9-15(18)10-8-14/h3-10,13,19H,11H2,1-2H3,(H,20,21)/t13-/m0/s1. The lowest BCUT2D eigenvalue weighted by atomic mass is 10.1. The number of para-hydroxylation sites is 1. The summed E-state index contributed by atoms with van der Waals surface area (Å²) in [5.41, 5.74) is 3.08. The maximum Gasteiger partial charge on any atom is 0.238 e. The molecule has 0 saturated heterocycles. The van der Waals surface area contributed by atoms with Crippen LogP contribution in [0, 0.1) is 6.92 Å². The van der Waals surface area contributed by atoms with Crippen molar-refractivity contribution >= 4 is 27.5 Å². The lowest BCUT2D eigenvalue weighted by molar-refractivity contribution is -0.115. The first kappa shape index (κ1) is 15.7. The highest BCUT2D eigenvalue weighted by Crippen LogP contribution is 2.16. The average Bonchev–Trinajstić information content (AvgIpc) is 2.48. The molecule has 0 saturated carbocycles. The lowest BCUT2D eigenvalue weighted by Crippen LogP contribution is -2.30. The minimum Gasteiger partial charge on any atom is -0.325 e. The summed E-state index contributed by atoms with van der Waals surface area (Å²) in [5.74, 6) is -0.0340. The molecule has 3 nitrogen and oxygen atoms in total. The summed E-state index contributed by atoms with van der Waals surface area (Å²) >= 11 is 3.42. The normalized spacial score (nSPS) is 12.0. The van der Waals surface area contributed by atoms with Crippen LogP contribution in [0.1, 0.15) is 24.1 Å². The second kappa shape index (κ2) is 7.38. The largest absolute Gasteiger partial charge is 0.325 e. The molecular formula is C17H19BrN2O. The molecule has 2 aromatic carbocycles. The molecule has 0 heterocycles. The Bertz CT molecular complexity index is 610. The van der Waals surface area contributed by atoms with Crippen LogP contribution in [0.3, 0.4) is 0 Å². The van der Waals surface area contributed by atoms with Gasteiger partial charge in [-0.15, -0.1) is 0 Å². The van der Waals surface area contributed by atoms with Crippen molar-refractivity contribution in [2.45, 2.75) is 19.9 Å². The zero-order valence-corrected chi connectivity index (χ0v) is 13.8. The number of rotatable bonds is 5. The summed E-state index contributed by atoms with van der Waals surface area (Å²) in [6, 6.07) is 16.0. The van der Waals surface area contributed by atoms with Crippen LogP contribution in [0.2, 0.25) is 0 Å². The van der Waals surface area contributed by atoms with E-state index in [0.717, 1.165) is 21.3 Å². The van der Waals surface area contributed by atoms with Gasteiger partial charge in [-0.2, -0.15) is 0 Å². The van der Waals surface area contributed by atoms with E-state index in [1.807, 2.05) is 62.4 Å². The fourth-order valence-electron chi connectivity index (χ4n) is 2.02. The van der Waals surface area contributed by atoms with Gasteiger partial charge in [-0.3, -0.25) is 4.79 Å². The Morgan fingerprint density at radius 2 is 1.81 bits per heavy atom. The van der Waals surface area contributed by atoms with Crippen molar-refractivity contribution in [3.63, 3.8) is 0 Å². The van der Waals surface area contributed by atoms with Crippen LogP contribution in [0.5, 0.6) is 0 Å². The van der Waals surface area contributed by atoms with Gasteiger partial charge in [0, 0.05) is 16.2 Å². The molecule has 0 unspecified atom stereocenters. The van der Waals surface area contributed by atoms with Crippen molar-refractivity contribution in [2.24, 2.45) is 0 Å². The van der Waals surface area contributed by atoms with Gasteiger partial charge in [-0.1, -0.05) is 46.3 Å². The summed E-state index contributed by atoms with van der Waals surface area (Å²) in [6.45, 7) is 4.31. The summed E-state index contributed by atoms with van der Waals surface area (Å²) in [4.78, 5) is 12.0. The third-order valence-electron chi connectivity index (χ3n) is 3.36. The maximum atomic E-state index is 12.0. The first-order valence-corrected chi connectivity index (χ1v) is 7.70. The number of carbonyl (C=O) groups excluding carboxylic acids is 1. The van der Waals surface area contributed by atoms with Crippen LogP contribution in [0.4, 0.5) is 5.69 Å². The zero-order chi connectivity index (χ0) is 15.2. The van der Waals surface area contributed by atoms with Gasteiger partial charge in [0.2, 0.25) is 5.91 Å². The minimum absolute atomic E-state index is 0.0340. The van der Waals surface area contributed by atoms with E-state index >= 15 is 0 Å². The zero-order valence-electron chi connectivity index (χ0n) is 12.2. The van der Waals surface area contributed by atoms with Crippen LogP contribution in [-0.2, 0) is 4.79 Å². The van der Waals surface area contributed by atoms with Gasteiger partial charge >= 0.3 is 0 Å². The third-order valence-corrected chi connectivity index (χ3v) is 3.89. The van der Waals surface area contributed by atoms with Crippen molar-refractivity contribution in [1.82, 2.24) is 5.32 Å². The highest BCUT2D eigenvalue weighted by molar-refractivity contribution is 9.10. The Morgan fingerprint density at radius 1 is 1.14 bits per heavy atom. The van der Waals surface area contributed by atoms with Crippen molar-refractivity contribution < 1.29 is 4.79 Å². The number of carbonyl (C=O) groups is 1. The van der Waals surface area contributed by atoms with Crippen molar-refractivity contribution in [3.8, 4) is 0 Å². The van der Waals surface area contributed by atoms with E-state index < -0.39 is 0 Å². The number of anilines is 1. The fraction of sp³-hybridized carbons (Fsp3) is 0.235. The topological polar surface area (TPSA) is 41.1 Å². The molecule has 2 rings (SSSR count). The van der Waals surface area contributed by atoms with Crippen LogP contribution in [0.25, 0.3) is 0 Å². The number of benzene rings is 2. The molecule has 2 N–H and O–H groups in total. The SMILES string of the molecule is Cc1ccccc1NC(=O)CN[C@@H](C)c1ccc(Br)cc1. The van der Waals surface area contributed by atoms with Crippen LogP contribution >= 0.6 is 15.9 Å². The average molecular weight is 347 g/mol. The summed E-state index contributed by atoms with van der Waals surface area (Å²) in [7, 11) is 0. The molecule has 4 heteroatoms. The van der Waals surface area contributed by atoms with Crippen LogP contribution in [0.15, 0.2) is 53.0 Å². The maximum absolute atomic E-state index is 12.0. The molecular weight excluding hydrogens is 328 g/mol. The van der Waals surface area contributed by atoms with E-state index in [4.69, 9.17) is 0 Å². The quantitative estimate of drug-likeness (QED) is 0.857. The smallest absolute Gasteiger partial charge is 0.238 e.